The lowest BCUT2D eigenvalue weighted by Gasteiger charge is -2.26. The molecule has 1 heterocycles. The topological polar surface area (TPSA) is 109 Å². The van der Waals surface area contributed by atoms with E-state index in [0.717, 1.165) is 0 Å². The Morgan fingerprint density at radius 3 is 2.55 bits per heavy atom. The molecule has 1 aliphatic rings. The van der Waals surface area contributed by atoms with Gasteiger partial charge >= 0.3 is 0 Å². The summed E-state index contributed by atoms with van der Waals surface area (Å²) < 4.78 is 18.8. The number of amides is 2. The molecular formula is C22H26N4O4S. The van der Waals surface area contributed by atoms with Crippen LogP contribution in [0.3, 0.4) is 0 Å². The average molecular weight is 443 g/mol. The third-order valence-corrected chi connectivity index (χ3v) is 5.90. The van der Waals surface area contributed by atoms with Crippen LogP contribution in [0.15, 0.2) is 58.5 Å². The number of para-hydroxylation sites is 3. The molecule has 2 aromatic carbocycles. The van der Waals surface area contributed by atoms with Crippen molar-refractivity contribution in [3.63, 3.8) is 0 Å². The molecule has 0 saturated carbocycles. The molecule has 2 unspecified atom stereocenters. The maximum Gasteiger partial charge on any atom is 0.273 e. The van der Waals surface area contributed by atoms with Crippen molar-refractivity contribution in [3.8, 4) is 5.75 Å². The molecule has 1 aliphatic heterocycles. The van der Waals surface area contributed by atoms with Gasteiger partial charge in [-0.3, -0.25) is 13.8 Å². The van der Waals surface area contributed by atoms with Crippen LogP contribution < -0.4 is 20.8 Å². The second-order valence-corrected chi connectivity index (χ2v) is 9.41. The van der Waals surface area contributed by atoms with Crippen molar-refractivity contribution in [2.75, 3.05) is 17.2 Å². The molecule has 0 saturated heterocycles. The van der Waals surface area contributed by atoms with Crippen LogP contribution in [0.2, 0.25) is 0 Å². The fourth-order valence-corrected chi connectivity index (χ4v) is 4.31. The third kappa shape index (κ3) is 5.29. The van der Waals surface area contributed by atoms with E-state index in [1.807, 2.05) is 27.7 Å². The number of hydrazone groups is 1. The van der Waals surface area contributed by atoms with Crippen molar-refractivity contribution in [2.45, 2.75) is 43.4 Å². The molecule has 2 atom stereocenters. The number of benzene rings is 2. The maximum atomic E-state index is 13.3. The van der Waals surface area contributed by atoms with Crippen LogP contribution >= 0.6 is 0 Å². The Morgan fingerprint density at radius 2 is 1.84 bits per heavy atom. The smallest absolute Gasteiger partial charge is 0.273 e. The van der Waals surface area contributed by atoms with Gasteiger partial charge in [0, 0.05) is 5.54 Å². The number of nitrogens with one attached hydrogen (secondary N) is 3. The fraction of sp³-hybridized carbons (Fsp3) is 0.318. The number of carbonyl (C=O) groups is 2. The number of fused-ring (bicyclic) bond motifs is 1. The molecule has 0 fully saturated rings. The zero-order chi connectivity index (χ0) is 22.6. The number of hydrogen-bond acceptors (Lipinski definition) is 6. The molecule has 8 nitrogen and oxygen atoms in total. The zero-order valence-electron chi connectivity index (χ0n) is 17.9. The van der Waals surface area contributed by atoms with Crippen LogP contribution in [0.4, 0.5) is 11.4 Å². The van der Waals surface area contributed by atoms with E-state index in [4.69, 9.17) is 4.74 Å². The first-order chi connectivity index (χ1) is 14.7. The van der Waals surface area contributed by atoms with Crippen molar-refractivity contribution in [1.82, 2.24) is 5.43 Å². The second kappa shape index (κ2) is 9.30. The molecular weight excluding hydrogens is 416 g/mol. The van der Waals surface area contributed by atoms with E-state index in [1.54, 1.807) is 48.5 Å². The molecule has 3 rings (SSSR count). The Kier molecular flexibility index (Phi) is 6.74. The van der Waals surface area contributed by atoms with Gasteiger partial charge in [0.15, 0.2) is 11.0 Å². The van der Waals surface area contributed by atoms with E-state index >= 15 is 0 Å². The summed E-state index contributed by atoms with van der Waals surface area (Å²) in [5.41, 5.74) is 3.12. The van der Waals surface area contributed by atoms with Gasteiger partial charge in [0.05, 0.1) is 33.7 Å². The van der Waals surface area contributed by atoms with E-state index in [2.05, 4.69) is 21.2 Å². The van der Waals surface area contributed by atoms with Crippen molar-refractivity contribution >= 4 is 39.7 Å². The van der Waals surface area contributed by atoms with Gasteiger partial charge in [-0.05, 0) is 52.0 Å². The maximum absolute atomic E-state index is 13.3. The minimum atomic E-state index is -1.80. The summed E-state index contributed by atoms with van der Waals surface area (Å²) >= 11 is 0. The predicted molar refractivity (Wildman–Crippen MR) is 122 cm³/mol. The van der Waals surface area contributed by atoms with Gasteiger partial charge in [0.25, 0.3) is 5.91 Å². The van der Waals surface area contributed by atoms with E-state index in [0.29, 0.717) is 28.6 Å². The predicted octanol–water partition coefficient (Wildman–Crippen LogP) is 2.90. The van der Waals surface area contributed by atoms with Crippen LogP contribution in [-0.4, -0.2) is 39.1 Å². The van der Waals surface area contributed by atoms with Crippen LogP contribution in [0.1, 0.15) is 27.7 Å². The molecule has 2 amide bonds. The summed E-state index contributed by atoms with van der Waals surface area (Å²) in [6.45, 7) is 7.85. The highest BCUT2D eigenvalue weighted by Crippen LogP contribution is 2.29. The molecule has 0 spiro atoms. The van der Waals surface area contributed by atoms with Gasteiger partial charge < -0.3 is 20.8 Å². The first-order valence-corrected chi connectivity index (χ1v) is 11.1. The van der Waals surface area contributed by atoms with Crippen molar-refractivity contribution < 1.29 is 18.5 Å². The highest BCUT2D eigenvalue weighted by Gasteiger charge is 2.40. The molecule has 0 aliphatic carbocycles. The summed E-state index contributed by atoms with van der Waals surface area (Å²) in [6.07, 6.45) is 0. The Hall–Kier alpha value is -3.20. The Bertz CT molecular complexity index is 1050. The highest BCUT2D eigenvalue weighted by molar-refractivity contribution is 7.88. The van der Waals surface area contributed by atoms with E-state index in [1.165, 1.54) is 0 Å². The second-order valence-electron chi connectivity index (χ2n) is 7.91. The SMILES string of the molecule is CCOc1ccccc1NC(=O)/C(=N\NC(C)(C)C)C1C(=O)Nc2ccccc2S1=O. The summed E-state index contributed by atoms with van der Waals surface area (Å²) in [5, 5.41) is 8.42. The minimum absolute atomic E-state index is 0.174. The van der Waals surface area contributed by atoms with E-state index < -0.39 is 33.4 Å². The summed E-state index contributed by atoms with van der Waals surface area (Å²) in [5.74, 6) is -0.711. The summed E-state index contributed by atoms with van der Waals surface area (Å²) in [6, 6.07) is 13.8. The monoisotopic (exact) mass is 442 g/mol. The number of ether oxygens (including phenoxy) is 1. The van der Waals surface area contributed by atoms with Gasteiger partial charge in [-0.25, -0.2) is 0 Å². The lowest BCUT2D eigenvalue weighted by molar-refractivity contribution is -0.116. The van der Waals surface area contributed by atoms with Crippen LogP contribution in [0, 0.1) is 0 Å². The fourth-order valence-electron chi connectivity index (χ4n) is 2.89. The average Bonchev–Trinajstić information content (AvgIpc) is 2.71. The van der Waals surface area contributed by atoms with E-state index in [-0.39, 0.29) is 5.71 Å². The minimum Gasteiger partial charge on any atom is -0.492 e. The van der Waals surface area contributed by atoms with Crippen molar-refractivity contribution in [1.29, 1.82) is 0 Å². The van der Waals surface area contributed by atoms with E-state index in [9.17, 15) is 13.8 Å². The standard InChI is InChI=1S/C22H26N4O4S/c1-5-30-16-12-8-6-10-14(16)23-20(27)18(25-26-22(2,3)4)19-21(28)24-15-11-7-9-13-17(15)31(19)29/h6-13,19,26H,5H2,1-4H3,(H,23,27)(H,24,28)/b25-18-. The largest absolute Gasteiger partial charge is 0.492 e. The lowest BCUT2D eigenvalue weighted by Crippen LogP contribution is -2.48. The molecule has 2 aromatic rings. The van der Waals surface area contributed by atoms with Gasteiger partial charge in [-0.15, -0.1) is 0 Å². The number of hydrogen-bond donors (Lipinski definition) is 3. The van der Waals surface area contributed by atoms with Crippen molar-refractivity contribution in [3.05, 3.63) is 48.5 Å². The van der Waals surface area contributed by atoms with Gasteiger partial charge in [0.2, 0.25) is 5.91 Å². The molecule has 0 radical (unpaired) electrons. The van der Waals surface area contributed by atoms with Gasteiger partial charge in [0.1, 0.15) is 5.75 Å². The van der Waals surface area contributed by atoms with Crippen LogP contribution in [-0.2, 0) is 20.4 Å². The van der Waals surface area contributed by atoms with Crippen molar-refractivity contribution in [2.24, 2.45) is 5.10 Å². The molecule has 164 valence electrons. The molecule has 9 heteroatoms. The van der Waals surface area contributed by atoms with Gasteiger partial charge in [-0.2, -0.15) is 5.10 Å². The first kappa shape index (κ1) is 22.5. The third-order valence-electron chi connectivity index (χ3n) is 4.24. The molecule has 0 bridgehead atoms. The van der Waals surface area contributed by atoms with Crippen LogP contribution in [0.25, 0.3) is 0 Å². The number of carbonyl (C=O) groups excluding carboxylic acids is 2. The quantitative estimate of drug-likeness (QED) is 0.471. The first-order valence-electron chi connectivity index (χ1n) is 9.89. The number of anilines is 2. The van der Waals surface area contributed by atoms with Gasteiger partial charge in [-0.1, -0.05) is 24.3 Å². The number of nitrogens with zero attached hydrogens (tertiary/aromatic N) is 1. The summed E-state index contributed by atoms with van der Waals surface area (Å²) in [7, 11) is -1.80. The Morgan fingerprint density at radius 1 is 1.16 bits per heavy atom. The lowest BCUT2D eigenvalue weighted by atomic mass is 10.1. The van der Waals surface area contributed by atoms with Crippen LogP contribution in [0.5, 0.6) is 5.75 Å². The molecule has 3 N–H and O–H groups in total. The highest BCUT2D eigenvalue weighted by atomic mass is 32.2. The Labute approximate surface area is 183 Å². The normalized spacial score (nSPS) is 18.6. The summed E-state index contributed by atoms with van der Waals surface area (Å²) in [4.78, 5) is 26.5. The zero-order valence-corrected chi connectivity index (χ0v) is 18.7. The number of rotatable bonds is 6. The Balaban J connectivity index is 1.99. The molecule has 0 aromatic heterocycles. The molecule has 31 heavy (non-hydrogen) atoms.